The van der Waals surface area contributed by atoms with Crippen molar-refractivity contribution in [3.8, 4) is 0 Å². The maximum Gasteiger partial charge on any atom is 0.168 e. The molecule has 2 N–H and O–H groups in total. The molecule has 0 unspecified atom stereocenters. The first-order chi connectivity index (χ1) is 9.10. The van der Waals surface area contributed by atoms with Gasteiger partial charge in [0.2, 0.25) is 0 Å². The van der Waals surface area contributed by atoms with Crippen LogP contribution in [0, 0.1) is 11.6 Å². The minimum Gasteiger partial charge on any atom is -0.353 e. The number of benzene rings is 1. The van der Waals surface area contributed by atoms with Crippen molar-refractivity contribution in [2.75, 3.05) is 11.9 Å². The van der Waals surface area contributed by atoms with Crippen LogP contribution in [0.2, 0.25) is 0 Å². The smallest absolute Gasteiger partial charge is 0.168 e. The Morgan fingerprint density at radius 1 is 1.16 bits per heavy atom. The molecule has 0 saturated carbocycles. The van der Waals surface area contributed by atoms with Crippen molar-refractivity contribution in [3.05, 3.63) is 59.3 Å². The maximum atomic E-state index is 13.6. The van der Waals surface area contributed by atoms with Crippen molar-refractivity contribution in [1.82, 2.24) is 4.98 Å². The maximum absolute atomic E-state index is 13.6. The van der Waals surface area contributed by atoms with E-state index in [9.17, 15) is 8.78 Å². The van der Waals surface area contributed by atoms with Crippen LogP contribution in [0.5, 0.6) is 0 Å². The minimum absolute atomic E-state index is 0.129. The molecule has 0 atom stereocenters. The topological polar surface area (TPSA) is 42.1 Å². The fraction of sp³-hybridized carbons (Fsp3) is 0.214. The summed E-state index contributed by atoms with van der Waals surface area (Å²) in [4.78, 5) is 5.39. The van der Waals surface area contributed by atoms with Gasteiger partial charge in [0.25, 0.3) is 0 Å². The summed E-state index contributed by atoms with van der Waals surface area (Å²) in [6.07, 6.45) is 1.01. The highest BCUT2D eigenvalue weighted by molar-refractivity contribution is 5.40. The van der Waals surface area contributed by atoms with Crippen LogP contribution in [-0.4, -0.2) is 12.0 Å². The average molecular weight is 263 g/mol. The lowest BCUT2D eigenvalue weighted by atomic mass is 10.1. The Kier molecular flexibility index (Phi) is 4.06. The number of aromatic nitrogens is 1. The van der Waals surface area contributed by atoms with Gasteiger partial charge in [0.1, 0.15) is 5.82 Å². The van der Waals surface area contributed by atoms with Crippen LogP contribution in [0.1, 0.15) is 11.1 Å². The molecule has 0 saturated heterocycles. The number of hydrogen-bond donors (Lipinski definition) is 1. The van der Waals surface area contributed by atoms with Crippen molar-refractivity contribution in [1.29, 1.82) is 0 Å². The largest absolute Gasteiger partial charge is 0.353 e. The number of nitrogens with zero attached hydrogens (tertiary/aromatic N) is 2. The lowest BCUT2D eigenvalue weighted by Crippen LogP contribution is -2.19. The van der Waals surface area contributed by atoms with E-state index in [0.29, 0.717) is 13.1 Å². The molecule has 100 valence electrons. The Morgan fingerprint density at radius 2 is 1.79 bits per heavy atom. The van der Waals surface area contributed by atoms with Gasteiger partial charge in [0.05, 0.1) is 6.20 Å². The highest BCUT2D eigenvalue weighted by Gasteiger charge is 2.10. The predicted octanol–water partition coefficient (Wildman–Crippen LogP) is 2.45. The zero-order chi connectivity index (χ0) is 13.8. The van der Waals surface area contributed by atoms with Gasteiger partial charge in [-0.05, 0) is 11.1 Å². The molecule has 0 fully saturated rings. The van der Waals surface area contributed by atoms with Crippen LogP contribution >= 0.6 is 0 Å². The van der Waals surface area contributed by atoms with Gasteiger partial charge in [-0.3, -0.25) is 0 Å². The number of halogens is 2. The molecule has 19 heavy (non-hydrogen) atoms. The zero-order valence-electron chi connectivity index (χ0n) is 10.6. The summed E-state index contributed by atoms with van der Waals surface area (Å²) in [5.74, 6) is -1.22. The van der Waals surface area contributed by atoms with E-state index in [1.54, 1.807) is 11.9 Å². The quantitative estimate of drug-likeness (QED) is 0.921. The van der Waals surface area contributed by atoms with Crippen molar-refractivity contribution in [2.45, 2.75) is 13.1 Å². The Bertz CT molecular complexity index is 555. The molecule has 1 aromatic heterocycles. The van der Waals surface area contributed by atoms with Gasteiger partial charge in [-0.15, -0.1) is 0 Å². The third kappa shape index (κ3) is 3.26. The van der Waals surface area contributed by atoms with Crippen LogP contribution in [0.15, 0.2) is 36.5 Å². The Balaban J connectivity index is 2.13. The molecule has 5 heteroatoms. The van der Waals surface area contributed by atoms with E-state index in [1.807, 2.05) is 24.3 Å². The molecule has 0 radical (unpaired) electrons. The Morgan fingerprint density at radius 3 is 2.37 bits per heavy atom. The second-order valence-electron chi connectivity index (χ2n) is 4.34. The van der Waals surface area contributed by atoms with Gasteiger partial charge in [0.15, 0.2) is 11.6 Å². The van der Waals surface area contributed by atoms with Crippen LogP contribution in [0.4, 0.5) is 14.6 Å². The summed E-state index contributed by atoms with van der Waals surface area (Å²) in [6, 6.07) is 8.55. The van der Waals surface area contributed by atoms with Crippen molar-refractivity contribution in [2.24, 2.45) is 5.73 Å². The molecule has 0 aliphatic rings. The van der Waals surface area contributed by atoms with E-state index < -0.39 is 11.6 Å². The number of hydrogen-bond acceptors (Lipinski definition) is 3. The van der Waals surface area contributed by atoms with Gasteiger partial charge in [-0.1, -0.05) is 24.3 Å². The summed E-state index contributed by atoms with van der Waals surface area (Å²) in [5, 5.41) is 0. The standard InChI is InChI=1S/C14H15F2N3/c1-19(14-13(16)6-12(15)8-18-14)9-11-4-2-10(7-17)3-5-11/h2-6,8H,7,9,17H2,1H3. The summed E-state index contributed by atoms with van der Waals surface area (Å²) in [7, 11) is 1.71. The first kappa shape index (κ1) is 13.4. The molecule has 0 aliphatic carbocycles. The molecular formula is C14H15F2N3. The van der Waals surface area contributed by atoms with Crippen LogP contribution in [0.25, 0.3) is 0 Å². The fourth-order valence-electron chi connectivity index (χ4n) is 1.82. The molecular weight excluding hydrogens is 248 g/mol. The summed E-state index contributed by atoms with van der Waals surface area (Å²) < 4.78 is 26.3. The molecule has 0 spiro atoms. The Hall–Kier alpha value is -2.01. The van der Waals surface area contributed by atoms with Gasteiger partial charge >= 0.3 is 0 Å². The van der Waals surface area contributed by atoms with E-state index in [-0.39, 0.29) is 5.82 Å². The molecule has 3 nitrogen and oxygen atoms in total. The number of pyridine rings is 1. The first-order valence-corrected chi connectivity index (χ1v) is 5.90. The zero-order valence-corrected chi connectivity index (χ0v) is 10.6. The Labute approximate surface area is 110 Å². The summed E-state index contributed by atoms with van der Waals surface area (Å²) in [5.41, 5.74) is 7.56. The van der Waals surface area contributed by atoms with Crippen molar-refractivity contribution < 1.29 is 8.78 Å². The lowest BCUT2D eigenvalue weighted by Gasteiger charge is -2.18. The summed E-state index contributed by atoms with van der Waals surface area (Å²) in [6.45, 7) is 0.977. The van der Waals surface area contributed by atoms with E-state index >= 15 is 0 Å². The molecule has 0 amide bonds. The molecule has 2 aromatic rings. The normalized spacial score (nSPS) is 10.5. The van der Waals surface area contributed by atoms with E-state index in [1.165, 1.54) is 0 Å². The molecule has 0 bridgehead atoms. The number of nitrogens with two attached hydrogens (primary N) is 1. The van der Waals surface area contributed by atoms with Crippen LogP contribution in [-0.2, 0) is 13.1 Å². The minimum atomic E-state index is -0.679. The highest BCUT2D eigenvalue weighted by Crippen LogP contribution is 2.17. The third-order valence-corrected chi connectivity index (χ3v) is 2.83. The lowest BCUT2D eigenvalue weighted by molar-refractivity contribution is 0.570. The monoisotopic (exact) mass is 263 g/mol. The van der Waals surface area contributed by atoms with Crippen LogP contribution < -0.4 is 10.6 Å². The fourth-order valence-corrected chi connectivity index (χ4v) is 1.82. The van der Waals surface area contributed by atoms with Gasteiger partial charge in [0, 0.05) is 26.2 Å². The first-order valence-electron chi connectivity index (χ1n) is 5.90. The summed E-state index contributed by atoms with van der Waals surface area (Å²) >= 11 is 0. The number of rotatable bonds is 4. The third-order valence-electron chi connectivity index (χ3n) is 2.83. The van der Waals surface area contributed by atoms with Crippen LogP contribution in [0.3, 0.4) is 0 Å². The second kappa shape index (κ2) is 5.75. The van der Waals surface area contributed by atoms with Crippen molar-refractivity contribution in [3.63, 3.8) is 0 Å². The van der Waals surface area contributed by atoms with Gasteiger partial charge in [-0.25, -0.2) is 13.8 Å². The molecule has 1 aromatic carbocycles. The van der Waals surface area contributed by atoms with Gasteiger partial charge in [-0.2, -0.15) is 0 Å². The van der Waals surface area contributed by atoms with Gasteiger partial charge < -0.3 is 10.6 Å². The SMILES string of the molecule is CN(Cc1ccc(CN)cc1)c1ncc(F)cc1F. The van der Waals surface area contributed by atoms with E-state index in [4.69, 9.17) is 5.73 Å². The molecule has 0 aliphatic heterocycles. The molecule has 1 heterocycles. The predicted molar refractivity (Wildman–Crippen MR) is 70.6 cm³/mol. The van der Waals surface area contributed by atoms with Crippen molar-refractivity contribution >= 4 is 5.82 Å². The average Bonchev–Trinajstić information content (AvgIpc) is 2.39. The molecule has 2 rings (SSSR count). The second-order valence-corrected chi connectivity index (χ2v) is 4.34. The number of anilines is 1. The van der Waals surface area contributed by atoms with E-state index in [2.05, 4.69) is 4.98 Å². The highest BCUT2D eigenvalue weighted by atomic mass is 19.1. The van der Waals surface area contributed by atoms with E-state index in [0.717, 1.165) is 23.4 Å².